The van der Waals surface area contributed by atoms with Crippen LogP contribution in [0.1, 0.15) is 35.3 Å². The van der Waals surface area contributed by atoms with Gasteiger partial charge in [-0.15, -0.1) is 0 Å². The molecule has 0 radical (unpaired) electrons. The molecule has 0 fully saturated rings. The summed E-state index contributed by atoms with van der Waals surface area (Å²) >= 11 is 0. The van der Waals surface area contributed by atoms with Crippen molar-refractivity contribution in [1.82, 2.24) is 4.90 Å². The highest BCUT2D eigenvalue weighted by molar-refractivity contribution is 6.03. The highest BCUT2D eigenvalue weighted by Gasteiger charge is 2.27. The first-order valence-electron chi connectivity index (χ1n) is 8.52. The summed E-state index contributed by atoms with van der Waals surface area (Å²) in [6, 6.07) is 12.8. The summed E-state index contributed by atoms with van der Waals surface area (Å²) < 4.78 is 10.8. The van der Waals surface area contributed by atoms with Crippen LogP contribution in [-0.4, -0.2) is 37.5 Å². The minimum Gasteiger partial charge on any atom is -0.497 e. The number of para-hydroxylation sites is 1. The van der Waals surface area contributed by atoms with Crippen molar-refractivity contribution in [3.63, 3.8) is 0 Å². The Morgan fingerprint density at radius 2 is 2.08 bits per heavy atom. The quantitative estimate of drug-likeness (QED) is 0.895. The number of nitrogens with zero attached hydrogens (tertiary/aromatic N) is 1. The van der Waals surface area contributed by atoms with Gasteiger partial charge in [0.1, 0.15) is 5.75 Å². The molecule has 0 saturated heterocycles. The van der Waals surface area contributed by atoms with Crippen molar-refractivity contribution >= 4 is 17.5 Å². The molecule has 1 unspecified atom stereocenters. The van der Waals surface area contributed by atoms with Gasteiger partial charge in [0.2, 0.25) is 0 Å². The SMILES string of the molecule is CCC(c1cccc(OC)c1)N(C)C(=O)c1cccc2c1OCC(=O)N2. The lowest BCUT2D eigenvalue weighted by atomic mass is 10.0. The molecule has 6 nitrogen and oxygen atoms in total. The molecular formula is C20H22N2O4. The monoisotopic (exact) mass is 354 g/mol. The summed E-state index contributed by atoms with van der Waals surface area (Å²) in [7, 11) is 3.40. The van der Waals surface area contributed by atoms with Gasteiger partial charge in [0, 0.05) is 7.05 Å². The molecule has 2 amide bonds. The number of anilines is 1. The van der Waals surface area contributed by atoms with Crippen LogP contribution in [0.5, 0.6) is 11.5 Å². The molecular weight excluding hydrogens is 332 g/mol. The standard InChI is InChI=1S/C20H22N2O4/c1-4-17(13-7-5-8-14(11-13)25-3)22(2)20(24)15-9-6-10-16-19(15)26-12-18(23)21-16/h5-11,17H,4,12H2,1-3H3,(H,21,23). The maximum Gasteiger partial charge on any atom is 0.262 e. The Balaban J connectivity index is 1.91. The Labute approximate surface area is 152 Å². The Bertz CT molecular complexity index is 834. The van der Waals surface area contributed by atoms with E-state index in [4.69, 9.17) is 9.47 Å². The molecule has 1 heterocycles. The number of carbonyl (C=O) groups excluding carboxylic acids is 2. The number of ether oxygens (including phenoxy) is 2. The van der Waals surface area contributed by atoms with Crippen LogP contribution in [0, 0.1) is 0 Å². The molecule has 1 aliphatic rings. The third-order valence-corrected chi connectivity index (χ3v) is 4.52. The van der Waals surface area contributed by atoms with Crippen molar-refractivity contribution in [2.45, 2.75) is 19.4 Å². The minimum absolute atomic E-state index is 0.0892. The van der Waals surface area contributed by atoms with Gasteiger partial charge in [-0.05, 0) is 36.2 Å². The molecule has 3 rings (SSSR count). The van der Waals surface area contributed by atoms with Gasteiger partial charge < -0.3 is 19.7 Å². The molecule has 2 aromatic carbocycles. The van der Waals surface area contributed by atoms with Crippen LogP contribution in [0.25, 0.3) is 0 Å². The highest BCUT2D eigenvalue weighted by atomic mass is 16.5. The zero-order valence-corrected chi connectivity index (χ0v) is 15.1. The molecule has 136 valence electrons. The molecule has 1 aliphatic heterocycles. The van der Waals surface area contributed by atoms with Gasteiger partial charge >= 0.3 is 0 Å². The van der Waals surface area contributed by atoms with E-state index in [1.807, 2.05) is 31.2 Å². The number of hydrogen-bond acceptors (Lipinski definition) is 4. The van der Waals surface area contributed by atoms with Crippen LogP contribution in [0.3, 0.4) is 0 Å². The average molecular weight is 354 g/mol. The van der Waals surface area contributed by atoms with E-state index in [9.17, 15) is 9.59 Å². The van der Waals surface area contributed by atoms with Crippen LogP contribution in [0.2, 0.25) is 0 Å². The summed E-state index contributed by atoms with van der Waals surface area (Å²) in [6.45, 7) is 1.94. The van der Waals surface area contributed by atoms with Gasteiger partial charge in [-0.2, -0.15) is 0 Å². The van der Waals surface area contributed by atoms with Gasteiger partial charge in [-0.1, -0.05) is 25.1 Å². The maximum absolute atomic E-state index is 13.1. The fraction of sp³-hybridized carbons (Fsp3) is 0.300. The maximum atomic E-state index is 13.1. The first kappa shape index (κ1) is 17.8. The second kappa shape index (κ2) is 7.47. The van der Waals surface area contributed by atoms with Crippen molar-refractivity contribution in [2.75, 3.05) is 26.1 Å². The molecule has 26 heavy (non-hydrogen) atoms. The molecule has 0 bridgehead atoms. The van der Waals surface area contributed by atoms with Crippen LogP contribution in [-0.2, 0) is 4.79 Å². The van der Waals surface area contributed by atoms with E-state index in [1.54, 1.807) is 37.3 Å². The highest BCUT2D eigenvalue weighted by Crippen LogP contribution is 2.34. The summed E-state index contributed by atoms with van der Waals surface area (Å²) in [4.78, 5) is 26.3. The molecule has 0 saturated carbocycles. The third-order valence-electron chi connectivity index (χ3n) is 4.52. The molecule has 0 aliphatic carbocycles. The molecule has 0 aromatic heterocycles. The first-order chi connectivity index (χ1) is 12.5. The van der Waals surface area contributed by atoms with E-state index in [2.05, 4.69) is 5.32 Å². The number of benzene rings is 2. The molecule has 0 spiro atoms. The number of methoxy groups -OCH3 is 1. The predicted molar refractivity (Wildman–Crippen MR) is 98.7 cm³/mol. The normalized spacial score (nSPS) is 13.9. The van der Waals surface area contributed by atoms with Crippen LogP contribution in [0.4, 0.5) is 5.69 Å². The fourth-order valence-corrected chi connectivity index (χ4v) is 3.20. The number of hydrogen-bond donors (Lipinski definition) is 1. The van der Waals surface area contributed by atoms with E-state index in [-0.39, 0.29) is 24.5 Å². The zero-order valence-electron chi connectivity index (χ0n) is 15.1. The molecule has 6 heteroatoms. The third kappa shape index (κ3) is 3.35. The largest absolute Gasteiger partial charge is 0.497 e. The number of rotatable bonds is 5. The van der Waals surface area contributed by atoms with E-state index < -0.39 is 0 Å². The van der Waals surface area contributed by atoms with Crippen LogP contribution in [0.15, 0.2) is 42.5 Å². The molecule has 1 atom stereocenters. The fourth-order valence-electron chi connectivity index (χ4n) is 3.20. The number of carbonyl (C=O) groups is 2. The molecule has 1 N–H and O–H groups in total. The second-order valence-electron chi connectivity index (χ2n) is 6.14. The lowest BCUT2D eigenvalue weighted by molar-refractivity contribution is -0.118. The Morgan fingerprint density at radius 3 is 2.81 bits per heavy atom. The van der Waals surface area contributed by atoms with Crippen LogP contribution >= 0.6 is 0 Å². The zero-order chi connectivity index (χ0) is 18.7. The summed E-state index contributed by atoms with van der Waals surface area (Å²) in [5, 5.41) is 2.73. The Kier molecular flexibility index (Phi) is 5.11. The number of fused-ring (bicyclic) bond motifs is 1. The smallest absolute Gasteiger partial charge is 0.262 e. The number of amides is 2. The van der Waals surface area contributed by atoms with Gasteiger partial charge in [-0.25, -0.2) is 0 Å². The first-order valence-corrected chi connectivity index (χ1v) is 8.52. The summed E-state index contributed by atoms with van der Waals surface area (Å²) in [6.07, 6.45) is 0.752. The topological polar surface area (TPSA) is 67.9 Å². The minimum atomic E-state index is -0.224. The van der Waals surface area contributed by atoms with E-state index in [0.29, 0.717) is 17.0 Å². The van der Waals surface area contributed by atoms with Crippen molar-refractivity contribution < 1.29 is 19.1 Å². The van der Waals surface area contributed by atoms with Gasteiger partial charge in [-0.3, -0.25) is 9.59 Å². The second-order valence-corrected chi connectivity index (χ2v) is 6.14. The van der Waals surface area contributed by atoms with Crippen molar-refractivity contribution in [2.24, 2.45) is 0 Å². The average Bonchev–Trinajstić information content (AvgIpc) is 2.67. The van der Waals surface area contributed by atoms with Crippen molar-refractivity contribution in [1.29, 1.82) is 0 Å². The predicted octanol–water partition coefficient (Wildman–Crippen LogP) is 3.25. The van der Waals surface area contributed by atoms with Gasteiger partial charge in [0.05, 0.1) is 24.4 Å². The van der Waals surface area contributed by atoms with E-state index in [0.717, 1.165) is 17.7 Å². The summed E-state index contributed by atoms with van der Waals surface area (Å²) in [5.74, 6) is 0.792. The van der Waals surface area contributed by atoms with Crippen LogP contribution < -0.4 is 14.8 Å². The van der Waals surface area contributed by atoms with E-state index >= 15 is 0 Å². The Hall–Kier alpha value is -3.02. The molecule has 2 aromatic rings. The van der Waals surface area contributed by atoms with Gasteiger partial charge in [0.15, 0.2) is 12.4 Å². The lowest BCUT2D eigenvalue weighted by Crippen LogP contribution is -2.33. The van der Waals surface area contributed by atoms with E-state index in [1.165, 1.54) is 0 Å². The Morgan fingerprint density at radius 1 is 1.31 bits per heavy atom. The number of nitrogens with one attached hydrogen (secondary N) is 1. The van der Waals surface area contributed by atoms with Crippen molar-refractivity contribution in [3.05, 3.63) is 53.6 Å². The summed E-state index contributed by atoms with van der Waals surface area (Å²) in [5.41, 5.74) is 1.96. The van der Waals surface area contributed by atoms with Crippen molar-refractivity contribution in [3.8, 4) is 11.5 Å². The lowest BCUT2D eigenvalue weighted by Gasteiger charge is -2.29. The van der Waals surface area contributed by atoms with Gasteiger partial charge in [0.25, 0.3) is 11.8 Å².